The summed E-state index contributed by atoms with van der Waals surface area (Å²) in [4.78, 5) is 30.0. The van der Waals surface area contributed by atoms with Crippen molar-refractivity contribution in [3.05, 3.63) is 29.0 Å². The average Bonchev–Trinajstić information content (AvgIpc) is 2.94. The van der Waals surface area contributed by atoms with Gasteiger partial charge in [-0.2, -0.15) is 0 Å². The largest absolute Gasteiger partial charge is 0.465 e. The third kappa shape index (κ3) is 4.30. The van der Waals surface area contributed by atoms with Crippen LogP contribution < -0.4 is 5.32 Å². The normalized spacial score (nSPS) is 13.8. The number of hydrogen-bond donors (Lipinski definition) is 2. The lowest BCUT2D eigenvalue weighted by Gasteiger charge is -2.34. The van der Waals surface area contributed by atoms with E-state index in [9.17, 15) is 19.1 Å². The minimum Gasteiger partial charge on any atom is -0.465 e. The van der Waals surface area contributed by atoms with Gasteiger partial charge in [-0.25, -0.2) is 14.2 Å². The van der Waals surface area contributed by atoms with E-state index in [2.05, 4.69) is 10.3 Å². The van der Waals surface area contributed by atoms with Crippen molar-refractivity contribution in [2.45, 2.75) is 52.7 Å². The molecule has 0 aliphatic carbocycles. The molecule has 2 amide bonds. The zero-order valence-corrected chi connectivity index (χ0v) is 16.3. The number of amides is 2. The number of nitrogens with one attached hydrogen (secondary N) is 1. The van der Waals surface area contributed by atoms with Gasteiger partial charge in [-0.1, -0.05) is 13.8 Å². The minimum absolute atomic E-state index is 0.190. The average molecular weight is 381 g/mol. The highest BCUT2D eigenvalue weighted by Gasteiger charge is 2.35. The highest BCUT2D eigenvalue weighted by molar-refractivity contribution is 7.18. The van der Waals surface area contributed by atoms with Crippen LogP contribution in [-0.4, -0.2) is 39.1 Å². The second-order valence-electron chi connectivity index (χ2n) is 6.87. The molecule has 0 aliphatic heterocycles. The number of nitrogens with zero attached hydrogens (tertiary/aromatic N) is 2. The van der Waals surface area contributed by atoms with Gasteiger partial charge in [0.15, 0.2) is 0 Å². The summed E-state index contributed by atoms with van der Waals surface area (Å²) in [7, 11) is 0. The fraction of sp³-hybridized carbons (Fsp3) is 0.500. The van der Waals surface area contributed by atoms with E-state index in [1.54, 1.807) is 26.8 Å². The summed E-state index contributed by atoms with van der Waals surface area (Å²) < 4.78 is 14.0. The first kappa shape index (κ1) is 20.1. The molecule has 0 fully saturated rings. The first-order chi connectivity index (χ1) is 12.1. The Kier molecular flexibility index (Phi) is 6.17. The maximum Gasteiger partial charge on any atom is 0.408 e. The molecule has 2 aromatic rings. The summed E-state index contributed by atoms with van der Waals surface area (Å²) in [6.07, 6.45) is -1.13. The lowest BCUT2D eigenvalue weighted by atomic mass is 10.00. The van der Waals surface area contributed by atoms with Gasteiger partial charge in [-0.05, 0) is 44.9 Å². The molecule has 8 heteroatoms. The summed E-state index contributed by atoms with van der Waals surface area (Å²) in [6, 6.07) is 2.81. The van der Waals surface area contributed by atoms with Gasteiger partial charge in [0, 0.05) is 6.04 Å². The molecular weight excluding hydrogens is 357 g/mol. The molecule has 0 spiro atoms. The lowest BCUT2D eigenvalue weighted by Crippen LogP contribution is -2.54. The zero-order chi connectivity index (χ0) is 19.6. The highest BCUT2D eigenvalue weighted by atomic mass is 32.1. The maximum absolute atomic E-state index is 13.3. The molecule has 26 heavy (non-hydrogen) atoms. The van der Waals surface area contributed by atoms with E-state index in [0.29, 0.717) is 15.2 Å². The second-order valence-corrected chi connectivity index (χ2v) is 7.93. The first-order valence-electron chi connectivity index (χ1n) is 8.49. The molecule has 0 saturated heterocycles. The molecule has 0 bridgehead atoms. The fourth-order valence-corrected chi connectivity index (χ4v) is 3.87. The minimum atomic E-state index is -1.13. The Hall–Kier alpha value is -2.22. The zero-order valence-electron chi connectivity index (χ0n) is 15.5. The number of benzene rings is 1. The molecule has 1 heterocycles. The summed E-state index contributed by atoms with van der Waals surface area (Å²) in [5.41, 5.74) is 0.669. The molecule has 1 aromatic carbocycles. The molecule has 2 N–H and O–H groups in total. The SMILES string of the molecule is CC(C)[C@H](C(=O)N[C@H](C)c1nc2ccc(F)cc2s1)N(C(=O)O)C(C)C. The Labute approximate surface area is 156 Å². The monoisotopic (exact) mass is 381 g/mol. The number of fused-ring (bicyclic) bond motifs is 1. The number of carboxylic acid groups (broad SMARTS) is 1. The van der Waals surface area contributed by atoms with Crippen LogP contribution in [-0.2, 0) is 4.79 Å². The van der Waals surface area contributed by atoms with Crippen LogP contribution in [0, 0.1) is 11.7 Å². The number of carbonyl (C=O) groups excluding carboxylic acids is 1. The van der Waals surface area contributed by atoms with Crippen molar-refractivity contribution in [1.29, 1.82) is 0 Å². The molecular formula is C18H24FN3O3S. The van der Waals surface area contributed by atoms with Gasteiger partial charge in [0.2, 0.25) is 5.91 Å². The van der Waals surface area contributed by atoms with Crippen molar-refractivity contribution in [2.75, 3.05) is 0 Å². The first-order valence-corrected chi connectivity index (χ1v) is 9.31. The Morgan fingerprint density at radius 3 is 2.42 bits per heavy atom. The van der Waals surface area contributed by atoms with E-state index >= 15 is 0 Å². The summed E-state index contributed by atoms with van der Waals surface area (Å²) in [6.45, 7) is 8.88. The maximum atomic E-state index is 13.3. The summed E-state index contributed by atoms with van der Waals surface area (Å²) in [5.74, 6) is -0.891. The van der Waals surface area contributed by atoms with Crippen molar-refractivity contribution in [1.82, 2.24) is 15.2 Å². The second kappa shape index (κ2) is 7.99. The molecule has 2 atom stereocenters. The number of rotatable bonds is 6. The number of carbonyl (C=O) groups is 2. The van der Waals surface area contributed by atoms with Gasteiger partial charge >= 0.3 is 6.09 Å². The molecule has 1 aromatic heterocycles. The van der Waals surface area contributed by atoms with Crippen LogP contribution >= 0.6 is 11.3 Å². The van der Waals surface area contributed by atoms with Crippen LogP contribution in [0.4, 0.5) is 9.18 Å². The Morgan fingerprint density at radius 1 is 1.23 bits per heavy atom. The smallest absolute Gasteiger partial charge is 0.408 e. The molecule has 0 aliphatic rings. The van der Waals surface area contributed by atoms with E-state index in [-0.39, 0.29) is 23.7 Å². The van der Waals surface area contributed by atoms with Crippen molar-refractivity contribution in [2.24, 2.45) is 5.92 Å². The quantitative estimate of drug-likeness (QED) is 0.791. The van der Waals surface area contributed by atoms with Gasteiger partial charge < -0.3 is 10.4 Å². The third-order valence-electron chi connectivity index (χ3n) is 4.07. The van der Waals surface area contributed by atoms with E-state index in [1.807, 2.05) is 13.8 Å². The summed E-state index contributed by atoms with van der Waals surface area (Å²) in [5, 5.41) is 13.0. The summed E-state index contributed by atoms with van der Waals surface area (Å²) >= 11 is 1.31. The van der Waals surface area contributed by atoms with Crippen LogP contribution in [0.5, 0.6) is 0 Å². The van der Waals surface area contributed by atoms with E-state index in [1.165, 1.54) is 28.4 Å². The lowest BCUT2D eigenvalue weighted by molar-refractivity contribution is -0.128. The Bertz CT molecular complexity index is 806. The standard InChI is InChI=1S/C18H24FN3O3S/c1-9(2)15(22(10(3)4)18(24)25)16(23)20-11(5)17-21-13-7-6-12(19)8-14(13)26-17/h6-11,15H,1-5H3,(H,20,23)(H,24,25)/t11-,15-/m1/s1. The third-order valence-corrected chi connectivity index (χ3v) is 5.27. The van der Waals surface area contributed by atoms with Crippen molar-refractivity contribution in [3.8, 4) is 0 Å². The van der Waals surface area contributed by atoms with Gasteiger partial charge in [0.25, 0.3) is 0 Å². The van der Waals surface area contributed by atoms with Crippen molar-refractivity contribution < 1.29 is 19.1 Å². The Balaban J connectivity index is 2.22. The highest BCUT2D eigenvalue weighted by Crippen LogP contribution is 2.27. The van der Waals surface area contributed by atoms with Crippen LogP contribution in [0.15, 0.2) is 18.2 Å². The molecule has 6 nitrogen and oxygen atoms in total. The molecule has 0 radical (unpaired) electrons. The van der Waals surface area contributed by atoms with Gasteiger partial charge in [0.1, 0.15) is 16.9 Å². The number of aromatic nitrogens is 1. The van der Waals surface area contributed by atoms with E-state index < -0.39 is 18.2 Å². The molecule has 0 unspecified atom stereocenters. The molecule has 0 saturated carbocycles. The Morgan fingerprint density at radius 2 is 1.88 bits per heavy atom. The van der Waals surface area contributed by atoms with Gasteiger partial charge in [-0.3, -0.25) is 9.69 Å². The van der Waals surface area contributed by atoms with Gasteiger partial charge in [-0.15, -0.1) is 11.3 Å². The topological polar surface area (TPSA) is 82.5 Å². The number of thiazole rings is 1. The van der Waals surface area contributed by atoms with Crippen LogP contribution in [0.3, 0.4) is 0 Å². The van der Waals surface area contributed by atoms with Gasteiger partial charge in [0.05, 0.1) is 16.3 Å². The van der Waals surface area contributed by atoms with Crippen LogP contribution in [0.1, 0.15) is 45.7 Å². The molecule has 2 rings (SSSR count). The van der Waals surface area contributed by atoms with Crippen LogP contribution in [0.2, 0.25) is 0 Å². The van der Waals surface area contributed by atoms with Crippen molar-refractivity contribution in [3.63, 3.8) is 0 Å². The van der Waals surface area contributed by atoms with Crippen molar-refractivity contribution >= 4 is 33.6 Å². The van der Waals surface area contributed by atoms with Crippen LogP contribution in [0.25, 0.3) is 10.2 Å². The predicted octanol–water partition coefficient (Wildman–Crippen LogP) is 4.03. The number of halogens is 1. The number of hydrogen-bond acceptors (Lipinski definition) is 4. The molecule has 142 valence electrons. The van der Waals surface area contributed by atoms with E-state index in [0.717, 1.165) is 0 Å². The fourth-order valence-electron chi connectivity index (χ4n) is 2.87. The van der Waals surface area contributed by atoms with E-state index in [4.69, 9.17) is 0 Å². The predicted molar refractivity (Wildman–Crippen MR) is 99.8 cm³/mol.